The van der Waals surface area contributed by atoms with E-state index < -0.39 is 21.8 Å². The summed E-state index contributed by atoms with van der Waals surface area (Å²) in [5, 5.41) is 1.55. The number of nitrogens with one attached hydrogen (secondary N) is 1. The van der Waals surface area contributed by atoms with E-state index in [1.54, 1.807) is 29.6 Å². The SMILES string of the molecule is COc1ccccc1Oc1ccc(C(F)(F)F)cc1NS(=O)(=O)c1cccs1. The van der Waals surface area contributed by atoms with Gasteiger partial charge in [0.2, 0.25) is 0 Å². The molecular formula is C18H14F3NO4S2. The van der Waals surface area contributed by atoms with Crippen LogP contribution in [0.25, 0.3) is 0 Å². The van der Waals surface area contributed by atoms with E-state index in [9.17, 15) is 21.6 Å². The smallest absolute Gasteiger partial charge is 0.416 e. The Bertz CT molecular complexity index is 1060. The molecule has 148 valence electrons. The molecule has 28 heavy (non-hydrogen) atoms. The Hall–Kier alpha value is -2.72. The zero-order valence-electron chi connectivity index (χ0n) is 14.4. The maximum Gasteiger partial charge on any atom is 0.416 e. The molecule has 1 aromatic heterocycles. The van der Waals surface area contributed by atoms with E-state index in [1.807, 2.05) is 0 Å². The number of alkyl halides is 3. The molecule has 0 aliphatic rings. The lowest BCUT2D eigenvalue weighted by molar-refractivity contribution is -0.137. The quantitative estimate of drug-likeness (QED) is 0.572. The first-order valence-corrected chi connectivity index (χ1v) is 10.2. The van der Waals surface area contributed by atoms with Gasteiger partial charge in [0.25, 0.3) is 10.0 Å². The highest BCUT2D eigenvalue weighted by Crippen LogP contribution is 2.39. The van der Waals surface area contributed by atoms with Crippen LogP contribution in [0.2, 0.25) is 0 Å². The van der Waals surface area contributed by atoms with Gasteiger partial charge in [0.1, 0.15) is 4.21 Å². The Labute approximate surface area is 163 Å². The number of rotatable bonds is 6. The van der Waals surface area contributed by atoms with Crippen LogP contribution in [-0.4, -0.2) is 15.5 Å². The number of halogens is 3. The molecule has 0 atom stereocenters. The first-order chi connectivity index (χ1) is 13.2. The number of thiophene rings is 1. The van der Waals surface area contributed by atoms with Gasteiger partial charge >= 0.3 is 6.18 Å². The fourth-order valence-corrected chi connectivity index (χ4v) is 4.36. The molecule has 0 saturated carbocycles. The molecule has 0 radical (unpaired) electrons. The average molecular weight is 429 g/mol. The number of para-hydroxylation sites is 2. The van der Waals surface area contributed by atoms with Gasteiger partial charge in [-0.3, -0.25) is 4.72 Å². The Balaban J connectivity index is 2.04. The van der Waals surface area contributed by atoms with Crippen molar-refractivity contribution < 1.29 is 31.1 Å². The fourth-order valence-electron chi connectivity index (χ4n) is 2.31. The summed E-state index contributed by atoms with van der Waals surface area (Å²) in [5.74, 6) is 0.466. The molecular weight excluding hydrogens is 415 g/mol. The second kappa shape index (κ2) is 7.72. The van der Waals surface area contributed by atoms with Gasteiger partial charge in [-0.15, -0.1) is 11.3 Å². The number of hydrogen-bond acceptors (Lipinski definition) is 5. The standard InChI is InChI=1S/C18H14F3NO4S2/c1-25-15-5-2-3-6-16(15)26-14-9-8-12(18(19,20)21)11-13(14)22-28(23,24)17-7-4-10-27-17/h2-11,22H,1H3. The van der Waals surface area contributed by atoms with E-state index in [0.29, 0.717) is 11.8 Å². The predicted molar refractivity (Wildman–Crippen MR) is 99.6 cm³/mol. The second-order valence-corrected chi connectivity index (χ2v) is 8.36. The van der Waals surface area contributed by atoms with Crippen LogP contribution in [-0.2, 0) is 16.2 Å². The van der Waals surface area contributed by atoms with Crippen molar-refractivity contribution in [3.63, 3.8) is 0 Å². The molecule has 5 nitrogen and oxygen atoms in total. The van der Waals surface area contributed by atoms with Gasteiger partial charge in [0.15, 0.2) is 17.2 Å². The number of sulfonamides is 1. The summed E-state index contributed by atoms with van der Waals surface area (Å²) < 4.78 is 77.3. The van der Waals surface area contributed by atoms with Crippen molar-refractivity contribution in [3.8, 4) is 17.2 Å². The number of hydrogen-bond donors (Lipinski definition) is 1. The second-order valence-electron chi connectivity index (χ2n) is 5.50. The number of anilines is 1. The van der Waals surface area contributed by atoms with Gasteiger partial charge < -0.3 is 9.47 Å². The van der Waals surface area contributed by atoms with Crippen molar-refractivity contribution >= 4 is 27.0 Å². The largest absolute Gasteiger partial charge is 0.493 e. The van der Waals surface area contributed by atoms with Crippen molar-refractivity contribution in [2.24, 2.45) is 0 Å². The normalized spacial score (nSPS) is 11.9. The molecule has 0 bridgehead atoms. The highest BCUT2D eigenvalue weighted by molar-refractivity contribution is 7.94. The number of ether oxygens (including phenoxy) is 2. The predicted octanol–water partition coefficient (Wildman–Crippen LogP) is 5.37. The molecule has 0 aliphatic heterocycles. The lowest BCUT2D eigenvalue weighted by Crippen LogP contribution is -2.14. The van der Waals surface area contributed by atoms with Crippen LogP contribution in [0.4, 0.5) is 18.9 Å². The summed E-state index contributed by atoms with van der Waals surface area (Å²) in [6.07, 6.45) is -4.65. The van der Waals surface area contributed by atoms with Crippen molar-refractivity contribution in [2.75, 3.05) is 11.8 Å². The van der Waals surface area contributed by atoms with Gasteiger partial charge in [-0.1, -0.05) is 18.2 Å². The molecule has 3 aromatic rings. The molecule has 2 aromatic carbocycles. The van der Waals surface area contributed by atoms with Crippen LogP contribution in [0.15, 0.2) is 64.2 Å². The van der Waals surface area contributed by atoms with Crippen LogP contribution in [0, 0.1) is 0 Å². The summed E-state index contributed by atoms with van der Waals surface area (Å²) >= 11 is 0.941. The molecule has 0 saturated heterocycles. The zero-order valence-corrected chi connectivity index (χ0v) is 16.0. The molecule has 1 heterocycles. The van der Waals surface area contributed by atoms with Crippen molar-refractivity contribution in [1.82, 2.24) is 0 Å². The van der Waals surface area contributed by atoms with Crippen molar-refractivity contribution in [1.29, 1.82) is 0 Å². The molecule has 3 rings (SSSR count). The van der Waals surface area contributed by atoms with Crippen molar-refractivity contribution in [3.05, 3.63) is 65.5 Å². The van der Waals surface area contributed by atoms with Crippen LogP contribution < -0.4 is 14.2 Å². The van der Waals surface area contributed by atoms with Crippen molar-refractivity contribution in [2.45, 2.75) is 10.4 Å². The summed E-state index contributed by atoms with van der Waals surface area (Å²) in [5.41, 5.74) is -1.35. The van der Waals surface area contributed by atoms with Gasteiger partial charge in [-0.25, -0.2) is 8.42 Å². The monoisotopic (exact) mass is 429 g/mol. The Morgan fingerprint density at radius 2 is 1.68 bits per heavy atom. The minimum absolute atomic E-state index is 0.0341. The summed E-state index contributed by atoms with van der Waals surface area (Å²) in [6, 6.07) is 11.9. The highest BCUT2D eigenvalue weighted by Gasteiger charge is 2.32. The van der Waals surface area contributed by atoms with Gasteiger partial charge in [0.05, 0.1) is 18.4 Å². The average Bonchev–Trinajstić information content (AvgIpc) is 3.18. The Morgan fingerprint density at radius 3 is 2.29 bits per heavy atom. The van der Waals surface area contributed by atoms with Gasteiger partial charge in [0, 0.05) is 0 Å². The molecule has 10 heteroatoms. The minimum atomic E-state index is -4.65. The third-order valence-corrected chi connectivity index (χ3v) is 6.36. The number of benzene rings is 2. The molecule has 0 spiro atoms. The first-order valence-electron chi connectivity index (χ1n) is 7.79. The van der Waals surface area contributed by atoms with Crippen LogP contribution in [0.5, 0.6) is 17.2 Å². The number of methoxy groups -OCH3 is 1. The summed E-state index contributed by atoms with van der Waals surface area (Å²) in [7, 11) is -2.66. The Kier molecular flexibility index (Phi) is 5.52. The highest BCUT2D eigenvalue weighted by atomic mass is 32.2. The van der Waals surface area contributed by atoms with Crippen LogP contribution >= 0.6 is 11.3 Å². The first kappa shape index (κ1) is 20.0. The summed E-state index contributed by atoms with van der Waals surface area (Å²) in [4.78, 5) is 0. The van der Waals surface area contributed by atoms with Gasteiger partial charge in [-0.2, -0.15) is 13.2 Å². The molecule has 1 N–H and O–H groups in total. The van der Waals surface area contributed by atoms with Crippen LogP contribution in [0.3, 0.4) is 0 Å². The van der Waals surface area contributed by atoms with E-state index >= 15 is 0 Å². The van der Waals surface area contributed by atoms with E-state index in [2.05, 4.69) is 4.72 Å². The summed E-state index contributed by atoms with van der Waals surface area (Å²) in [6.45, 7) is 0. The van der Waals surface area contributed by atoms with E-state index in [4.69, 9.17) is 9.47 Å². The lowest BCUT2D eigenvalue weighted by Gasteiger charge is -2.16. The van der Waals surface area contributed by atoms with E-state index in [1.165, 1.54) is 19.2 Å². The Morgan fingerprint density at radius 1 is 0.964 bits per heavy atom. The maximum atomic E-state index is 13.1. The molecule has 0 unspecified atom stereocenters. The van der Waals surface area contributed by atoms with Crippen LogP contribution in [0.1, 0.15) is 5.56 Å². The van der Waals surface area contributed by atoms with E-state index in [0.717, 1.165) is 23.5 Å². The fraction of sp³-hybridized carbons (Fsp3) is 0.111. The molecule has 0 aliphatic carbocycles. The third kappa shape index (κ3) is 4.39. The molecule has 0 fully saturated rings. The van der Waals surface area contributed by atoms with Gasteiger partial charge in [-0.05, 0) is 41.8 Å². The zero-order chi connectivity index (χ0) is 20.4. The third-order valence-electron chi connectivity index (χ3n) is 3.60. The minimum Gasteiger partial charge on any atom is -0.493 e. The molecule has 0 amide bonds. The van der Waals surface area contributed by atoms with E-state index in [-0.39, 0.29) is 21.4 Å². The maximum absolute atomic E-state index is 13.1. The lowest BCUT2D eigenvalue weighted by atomic mass is 10.2. The topological polar surface area (TPSA) is 64.6 Å².